The van der Waals surface area contributed by atoms with Gasteiger partial charge in [-0.2, -0.15) is 0 Å². The molecule has 2 aliphatic carbocycles. The Labute approximate surface area is 153 Å². The third kappa shape index (κ3) is 3.44. The summed E-state index contributed by atoms with van der Waals surface area (Å²) >= 11 is 0. The van der Waals surface area contributed by atoms with Gasteiger partial charge in [-0.1, -0.05) is 36.8 Å². The predicted octanol–water partition coefficient (Wildman–Crippen LogP) is 3.98. The van der Waals surface area contributed by atoms with Crippen molar-refractivity contribution in [2.75, 3.05) is 11.9 Å². The predicted molar refractivity (Wildman–Crippen MR) is 101 cm³/mol. The molecule has 2 saturated carbocycles. The summed E-state index contributed by atoms with van der Waals surface area (Å²) in [5, 5.41) is 15.9. The standard InChI is InChI=1S/C21H25N3O2/c25-14-21(10-4-11-21)19(16-5-2-1-3-6-16)24-20(26)23-18-13-17(9-12-22-18)15-7-8-15/h1-3,5-6,9,12-13,15,19,25H,4,7-8,10-11,14H2,(H2,22,23,24,26). The highest BCUT2D eigenvalue weighted by Crippen LogP contribution is 2.49. The Morgan fingerprint density at radius 1 is 1.23 bits per heavy atom. The monoisotopic (exact) mass is 351 g/mol. The summed E-state index contributed by atoms with van der Waals surface area (Å²) in [6, 6.07) is 13.4. The van der Waals surface area contributed by atoms with E-state index in [0.717, 1.165) is 24.8 Å². The zero-order chi connectivity index (χ0) is 18.0. The lowest BCUT2D eigenvalue weighted by Gasteiger charge is -2.46. The van der Waals surface area contributed by atoms with E-state index in [1.165, 1.54) is 18.4 Å². The molecule has 0 aliphatic heterocycles. The number of urea groups is 1. The van der Waals surface area contributed by atoms with Crippen LogP contribution in [-0.4, -0.2) is 22.7 Å². The minimum Gasteiger partial charge on any atom is -0.396 e. The van der Waals surface area contributed by atoms with Gasteiger partial charge in [0.2, 0.25) is 0 Å². The van der Waals surface area contributed by atoms with E-state index < -0.39 is 0 Å². The van der Waals surface area contributed by atoms with Gasteiger partial charge >= 0.3 is 6.03 Å². The number of carbonyl (C=O) groups excluding carboxylic acids is 1. The molecule has 2 aromatic rings. The number of rotatable bonds is 6. The van der Waals surface area contributed by atoms with Gasteiger partial charge in [0.1, 0.15) is 5.82 Å². The van der Waals surface area contributed by atoms with E-state index in [0.29, 0.717) is 11.7 Å². The molecule has 2 aliphatic rings. The molecule has 2 amide bonds. The number of aliphatic hydroxyl groups excluding tert-OH is 1. The van der Waals surface area contributed by atoms with Gasteiger partial charge in [0.25, 0.3) is 0 Å². The number of anilines is 1. The summed E-state index contributed by atoms with van der Waals surface area (Å²) in [4.78, 5) is 16.9. The molecule has 0 radical (unpaired) electrons. The summed E-state index contributed by atoms with van der Waals surface area (Å²) < 4.78 is 0. The van der Waals surface area contributed by atoms with E-state index in [2.05, 4.69) is 15.6 Å². The van der Waals surface area contributed by atoms with Crippen molar-refractivity contribution in [3.8, 4) is 0 Å². The van der Waals surface area contributed by atoms with Crippen LogP contribution >= 0.6 is 0 Å². The normalized spacial score (nSPS) is 19.3. The van der Waals surface area contributed by atoms with Gasteiger partial charge in [-0.3, -0.25) is 5.32 Å². The van der Waals surface area contributed by atoms with E-state index in [1.807, 2.05) is 42.5 Å². The van der Waals surface area contributed by atoms with E-state index in [4.69, 9.17) is 0 Å². The Bertz CT molecular complexity index is 764. The van der Waals surface area contributed by atoms with Crippen LogP contribution in [-0.2, 0) is 0 Å². The Kier molecular flexibility index (Phi) is 4.64. The first-order valence-corrected chi connectivity index (χ1v) is 9.39. The van der Waals surface area contributed by atoms with Crippen LogP contribution in [0.1, 0.15) is 55.2 Å². The van der Waals surface area contributed by atoms with Crippen molar-refractivity contribution in [3.05, 3.63) is 59.8 Å². The summed E-state index contributed by atoms with van der Waals surface area (Å²) in [5.74, 6) is 1.19. The molecule has 4 rings (SSSR count). The molecule has 1 unspecified atom stereocenters. The lowest BCUT2D eigenvalue weighted by Crippen LogP contribution is -2.48. The Morgan fingerprint density at radius 2 is 2.00 bits per heavy atom. The van der Waals surface area contributed by atoms with Gasteiger partial charge in [0.15, 0.2) is 0 Å². The molecule has 136 valence electrons. The van der Waals surface area contributed by atoms with Gasteiger partial charge < -0.3 is 10.4 Å². The van der Waals surface area contributed by atoms with Gasteiger partial charge in [0.05, 0.1) is 12.6 Å². The fraction of sp³-hybridized carbons (Fsp3) is 0.429. The number of pyridine rings is 1. The number of hydrogen-bond donors (Lipinski definition) is 3. The number of benzene rings is 1. The largest absolute Gasteiger partial charge is 0.396 e. The minimum absolute atomic E-state index is 0.0717. The van der Waals surface area contributed by atoms with Crippen LogP contribution in [0.4, 0.5) is 10.6 Å². The number of aromatic nitrogens is 1. The van der Waals surface area contributed by atoms with Gasteiger partial charge in [-0.25, -0.2) is 9.78 Å². The van der Waals surface area contributed by atoms with Crippen LogP contribution in [0.3, 0.4) is 0 Å². The van der Waals surface area contributed by atoms with E-state index in [1.54, 1.807) is 6.20 Å². The molecule has 26 heavy (non-hydrogen) atoms. The average Bonchev–Trinajstić information content (AvgIpc) is 3.46. The maximum absolute atomic E-state index is 12.7. The molecule has 1 atom stereocenters. The van der Waals surface area contributed by atoms with Crippen LogP contribution in [0.15, 0.2) is 48.7 Å². The number of aliphatic hydroxyl groups is 1. The maximum Gasteiger partial charge on any atom is 0.320 e. The molecular weight excluding hydrogens is 326 g/mol. The lowest BCUT2D eigenvalue weighted by atomic mass is 9.63. The second kappa shape index (κ2) is 7.08. The molecule has 1 aromatic carbocycles. The van der Waals surface area contributed by atoms with Crippen LogP contribution < -0.4 is 10.6 Å². The number of nitrogens with one attached hydrogen (secondary N) is 2. The molecule has 1 aromatic heterocycles. The first-order chi connectivity index (χ1) is 12.7. The summed E-state index contributed by atoms with van der Waals surface area (Å²) in [7, 11) is 0. The summed E-state index contributed by atoms with van der Waals surface area (Å²) in [6.45, 7) is 0.0717. The zero-order valence-corrected chi connectivity index (χ0v) is 14.8. The Balaban J connectivity index is 1.50. The third-order valence-electron chi connectivity index (χ3n) is 5.76. The van der Waals surface area contributed by atoms with E-state index >= 15 is 0 Å². The maximum atomic E-state index is 12.7. The molecule has 1 heterocycles. The number of nitrogens with zero attached hydrogens (tertiary/aromatic N) is 1. The minimum atomic E-state index is -0.279. The van der Waals surface area contributed by atoms with Crippen molar-refractivity contribution in [1.82, 2.24) is 10.3 Å². The van der Waals surface area contributed by atoms with Crippen molar-refractivity contribution < 1.29 is 9.90 Å². The molecule has 0 saturated heterocycles. The van der Waals surface area contributed by atoms with Crippen molar-refractivity contribution in [2.45, 2.75) is 44.1 Å². The van der Waals surface area contributed by atoms with Crippen LogP contribution in [0.25, 0.3) is 0 Å². The van der Waals surface area contributed by atoms with Crippen LogP contribution in [0.2, 0.25) is 0 Å². The first-order valence-electron chi connectivity index (χ1n) is 9.39. The van der Waals surface area contributed by atoms with Crippen molar-refractivity contribution in [3.63, 3.8) is 0 Å². The van der Waals surface area contributed by atoms with Crippen molar-refractivity contribution in [1.29, 1.82) is 0 Å². The molecule has 3 N–H and O–H groups in total. The van der Waals surface area contributed by atoms with Gasteiger partial charge in [0, 0.05) is 11.6 Å². The molecule has 2 fully saturated rings. The van der Waals surface area contributed by atoms with E-state index in [-0.39, 0.29) is 24.1 Å². The van der Waals surface area contributed by atoms with E-state index in [9.17, 15) is 9.90 Å². The summed E-state index contributed by atoms with van der Waals surface area (Å²) in [6.07, 6.45) is 7.09. The average molecular weight is 351 g/mol. The first kappa shape index (κ1) is 17.0. The number of hydrogen-bond acceptors (Lipinski definition) is 3. The van der Waals surface area contributed by atoms with Gasteiger partial charge in [-0.05, 0) is 54.9 Å². The van der Waals surface area contributed by atoms with Crippen LogP contribution in [0.5, 0.6) is 0 Å². The van der Waals surface area contributed by atoms with Crippen molar-refractivity contribution in [2.24, 2.45) is 5.41 Å². The molecular formula is C21H25N3O2. The van der Waals surface area contributed by atoms with Crippen LogP contribution in [0, 0.1) is 5.41 Å². The quantitative estimate of drug-likeness (QED) is 0.737. The molecule has 0 spiro atoms. The van der Waals surface area contributed by atoms with Gasteiger partial charge in [-0.15, -0.1) is 0 Å². The highest BCUT2D eigenvalue weighted by molar-refractivity contribution is 5.88. The Hall–Kier alpha value is -2.40. The third-order valence-corrected chi connectivity index (χ3v) is 5.76. The highest BCUT2D eigenvalue weighted by atomic mass is 16.3. The SMILES string of the molecule is O=C(Nc1cc(C2CC2)ccn1)NC(c1ccccc1)C1(CO)CCC1. The second-order valence-electron chi connectivity index (χ2n) is 7.56. The second-order valence-corrected chi connectivity index (χ2v) is 7.56. The molecule has 0 bridgehead atoms. The summed E-state index contributed by atoms with van der Waals surface area (Å²) in [5.41, 5.74) is 1.99. The fourth-order valence-corrected chi connectivity index (χ4v) is 3.87. The number of carbonyl (C=O) groups is 1. The topological polar surface area (TPSA) is 74.2 Å². The van der Waals surface area contributed by atoms with Crippen molar-refractivity contribution >= 4 is 11.8 Å². The molecule has 5 heteroatoms. The zero-order valence-electron chi connectivity index (χ0n) is 14.8. The lowest BCUT2D eigenvalue weighted by molar-refractivity contribution is 0.00969. The highest BCUT2D eigenvalue weighted by Gasteiger charge is 2.45. The molecule has 5 nitrogen and oxygen atoms in total. The smallest absolute Gasteiger partial charge is 0.320 e. The Morgan fingerprint density at radius 3 is 2.62 bits per heavy atom. The number of amides is 2. The fourth-order valence-electron chi connectivity index (χ4n) is 3.87.